The summed E-state index contributed by atoms with van der Waals surface area (Å²) in [5.41, 5.74) is 1.81. The number of rotatable bonds is 5. The molecule has 2 aliphatic rings. The number of fused-ring (bicyclic) bond motifs is 1. The number of anilines is 3. The molecule has 1 aliphatic carbocycles. The Morgan fingerprint density at radius 1 is 1.11 bits per heavy atom. The summed E-state index contributed by atoms with van der Waals surface area (Å²) in [5, 5.41) is 7.03. The number of carbonyl (C=O) groups is 2. The monoisotopic (exact) mass is 475 g/mol. The molecule has 2 N–H and O–H groups in total. The second-order valence-corrected chi connectivity index (χ2v) is 9.17. The molecule has 4 heterocycles. The fourth-order valence-electron chi connectivity index (χ4n) is 5.09. The molecule has 0 spiro atoms. The Morgan fingerprint density at radius 2 is 1.91 bits per heavy atom. The van der Waals surface area contributed by atoms with Crippen molar-refractivity contribution in [2.24, 2.45) is 0 Å². The first-order valence-corrected chi connectivity index (χ1v) is 12.1. The summed E-state index contributed by atoms with van der Waals surface area (Å²) in [4.78, 5) is 53.3. The second kappa shape index (κ2) is 9.53. The normalized spacial score (nSPS) is 17.1. The van der Waals surface area contributed by atoms with Crippen molar-refractivity contribution in [1.29, 1.82) is 0 Å². The molecule has 5 rings (SSSR count). The molecular weight excluding hydrogens is 446 g/mol. The van der Waals surface area contributed by atoms with Crippen LogP contribution in [0.3, 0.4) is 0 Å². The number of carbonyl (C=O) groups excluding carboxylic acids is 2. The first kappa shape index (κ1) is 23.1. The van der Waals surface area contributed by atoms with Crippen LogP contribution in [0.4, 0.5) is 17.5 Å². The van der Waals surface area contributed by atoms with Crippen LogP contribution in [0.1, 0.15) is 61.0 Å². The first-order chi connectivity index (χ1) is 16.9. The number of amides is 1. The van der Waals surface area contributed by atoms with Crippen LogP contribution in [0.15, 0.2) is 29.3 Å². The maximum Gasteiger partial charge on any atom is 0.263 e. The molecule has 10 heteroatoms. The van der Waals surface area contributed by atoms with Crippen molar-refractivity contribution in [1.82, 2.24) is 24.8 Å². The van der Waals surface area contributed by atoms with Gasteiger partial charge in [0, 0.05) is 43.7 Å². The summed E-state index contributed by atoms with van der Waals surface area (Å²) in [5.74, 6) is 0.668. The standard InChI is InChI=1S/C25H29N7O3/c1-15-19-14-28-25(29-20-8-7-18(13-27-20)31-12-11-26-10-9-21(31)34)30-23(19)32(17-5-3-4-6-17)24(35)22(15)16(2)33/h7-8,13-14,17,26H,3-6,9-12H2,1-2H3,(H,27,28,29,30). The number of nitrogens with one attached hydrogen (secondary N) is 2. The van der Waals surface area contributed by atoms with E-state index in [1.807, 2.05) is 6.07 Å². The van der Waals surface area contributed by atoms with Crippen LogP contribution in [-0.2, 0) is 4.79 Å². The lowest BCUT2D eigenvalue weighted by Gasteiger charge is -2.20. The van der Waals surface area contributed by atoms with E-state index in [-0.39, 0.29) is 28.9 Å². The number of ketones is 1. The molecule has 0 unspecified atom stereocenters. The molecule has 35 heavy (non-hydrogen) atoms. The largest absolute Gasteiger partial charge is 0.314 e. The zero-order valence-electron chi connectivity index (χ0n) is 20.0. The van der Waals surface area contributed by atoms with E-state index in [0.29, 0.717) is 47.9 Å². The maximum atomic E-state index is 13.4. The predicted molar refractivity (Wildman–Crippen MR) is 133 cm³/mol. The Bertz CT molecular complexity index is 1340. The third kappa shape index (κ3) is 4.41. The molecule has 1 amide bonds. The van der Waals surface area contributed by atoms with Crippen molar-refractivity contribution in [2.75, 3.05) is 29.9 Å². The molecule has 0 radical (unpaired) electrons. The summed E-state index contributed by atoms with van der Waals surface area (Å²) >= 11 is 0. The van der Waals surface area contributed by atoms with Gasteiger partial charge in [0.15, 0.2) is 5.78 Å². The van der Waals surface area contributed by atoms with Crippen LogP contribution in [0.25, 0.3) is 11.0 Å². The van der Waals surface area contributed by atoms with Crippen molar-refractivity contribution in [3.63, 3.8) is 0 Å². The van der Waals surface area contributed by atoms with Crippen LogP contribution >= 0.6 is 0 Å². The predicted octanol–water partition coefficient (Wildman–Crippen LogP) is 2.88. The lowest BCUT2D eigenvalue weighted by molar-refractivity contribution is -0.118. The van der Waals surface area contributed by atoms with E-state index in [0.717, 1.165) is 37.9 Å². The summed E-state index contributed by atoms with van der Waals surface area (Å²) < 4.78 is 1.69. The van der Waals surface area contributed by atoms with Gasteiger partial charge in [0.25, 0.3) is 5.56 Å². The lowest BCUT2D eigenvalue weighted by atomic mass is 10.0. The highest BCUT2D eigenvalue weighted by molar-refractivity contribution is 5.99. The zero-order chi connectivity index (χ0) is 24.5. The van der Waals surface area contributed by atoms with Gasteiger partial charge in [0.2, 0.25) is 11.9 Å². The highest BCUT2D eigenvalue weighted by Gasteiger charge is 2.26. The van der Waals surface area contributed by atoms with Gasteiger partial charge in [-0.25, -0.2) is 9.97 Å². The molecule has 0 aromatic carbocycles. The average Bonchev–Trinajstić information content (AvgIpc) is 3.27. The zero-order valence-corrected chi connectivity index (χ0v) is 20.0. The highest BCUT2D eigenvalue weighted by Crippen LogP contribution is 2.32. The number of Topliss-reactive ketones (excluding diaryl/α,β-unsaturated/α-hetero) is 1. The molecule has 1 saturated heterocycles. The number of pyridine rings is 2. The molecule has 0 atom stereocenters. The smallest absolute Gasteiger partial charge is 0.263 e. The van der Waals surface area contributed by atoms with Gasteiger partial charge in [-0.2, -0.15) is 4.98 Å². The van der Waals surface area contributed by atoms with E-state index in [1.165, 1.54) is 6.92 Å². The van der Waals surface area contributed by atoms with Gasteiger partial charge in [0.1, 0.15) is 11.5 Å². The van der Waals surface area contributed by atoms with Gasteiger partial charge >= 0.3 is 0 Å². The van der Waals surface area contributed by atoms with E-state index in [1.54, 1.807) is 34.9 Å². The number of aromatic nitrogens is 4. The Hall–Kier alpha value is -3.66. The van der Waals surface area contributed by atoms with Gasteiger partial charge in [-0.15, -0.1) is 0 Å². The van der Waals surface area contributed by atoms with Gasteiger partial charge in [0.05, 0.1) is 17.4 Å². The fourth-order valence-corrected chi connectivity index (χ4v) is 5.09. The molecule has 1 aliphatic heterocycles. The average molecular weight is 476 g/mol. The van der Waals surface area contributed by atoms with E-state index < -0.39 is 0 Å². The van der Waals surface area contributed by atoms with Gasteiger partial charge in [-0.1, -0.05) is 12.8 Å². The highest BCUT2D eigenvalue weighted by atomic mass is 16.2. The molecule has 10 nitrogen and oxygen atoms in total. The maximum absolute atomic E-state index is 13.4. The Kier molecular flexibility index (Phi) is 6.29. The number of nitrogens with zero attached hydrogens (tertiary/aromatic N) is 5. The SMILES string of the molecule is CC(=O)c1c(C)c2cnc(Nc3ccc(N4CCNCCC4=O)cn3)nc2n(C2CCCC2)c1=O. The molecule has 1 saturated carbocycles. The van der Waals surface area contributed by atoms with Crippen molar-refractivity contribution in [2.45, 2.75) is 52.0 Å². The molecule has 0 bridgehead atoms. The van der Waals surface area contributed by atoms with Gasteiger partial charge in [-0.3, -0.25) is 19.0 Å². The summed E-state index contributed by atoms with van der Waals surface area (Å²) in [6.45, 7) is 5.22. The number of hydrogen-bond acceptors (Lipinski definition) is 8. The lowest BCUT2D eigenvalue weighted by Crippen LogP contribution is -2.32. The fraction of sp³-hybridized carbons (Fsp3) is 0.440. The summed E-state index contributed by atoms with van der Waals surface area (Å²) in [6.07, 6.45) is 7.64. The van der Waals surface area contributed by atoms with Crippen LogP contribution in [0.5, 0.6) is 0 Å². The molecule has 182 valence electrons. The minimum absolute atomic E-state index is 0.0181. The minimum Gasteiger partial charge on any atom is -0.314 e. The van der Waals surface area contributed by atoms with E-state index in [2.05, 4.69) is 20.6 Å². The van der Waals surface area contributed by atoms with E-state index >= 15 is 0 Å². The Labute approximate surface area is 202 Å². The van der Waals surface area contributed by atoms with E-state index in [4.69, 9.17) is 4.98 Å². The van der Waals surface area contributed by atoms with E-state index in [9.17, 15) is 14.4 Å². The third-order valence-electron chi connectivity index (χ3n) is 6.88. The molecule has 3 aromatic heterocycles. The Balaban J connectivity index is 1.49. The van der Waals surface area contributed by atoms with Crippen LogP contribution in [0.2, 0.25) is 0 Å². The molecular formula is C25H29N7O3. The van der Waals surface area contributed by atoms with Crippen molar-refractivity contribution < 1.29 is 9.59 Å². The molecule has 2 fully saturated rings. The van der Waals surface area contributed by atoms with Gasteiger partial charge < -0.3 is 15.5 Å². The minimum atomic E-state index is -0.280. The summed E-state index contributed by atoms with van der Waals surface area (Å²) in [7, 11) is 0. The second-order valence-electron chi connectivity index (χ2n) is 9.17. The first-order valence-electron chi connectivity index (χ1n) is 12.1. The van der Waals surface area contributed by atoms with Crippen molar-refractivity contribution in [3.8, 4) is 0 Å². The quantitative estimate of drug-likeness (QED) is 0.540. The number of aryl methyl sites for hydroxylation is 1. The summed E-state index contributed by atoms with van der Waals surface area (Å²) in [6, 6.07) is 3.64. The van der Waals surface area contributed by atoms with Crippen LogP contribution in [0, 0.1) is 6.92 Å². The van der Waals surface area contributed by atoms with Crippen molar-refractivity contribution in [3.05, 3.63) is 46.0 Å². The third-order valence-corrected chi connectivity index (χ3v) is 6.88. The van der Waals surface area contributed by atoms with Crippen LogP contribution < -0.4 is 21.1 Å². The Morgan fingerprint density at radius 3 is 2.63 bits per heavy atom. The molecule has 3 aromatic rings. The van der Waals surface area contributed by atoms with Crippen LogP contribution in [-0.4, -0.2) is 50.8 Å². The number of hydrogen-bond donors (Lipinski definition) is 2. The van der Waals surface area contributed by atoms with Gasteiger partial charge in [-0.05, 0) is 44.4 Å². The van der Waals surface area contributed by atoms with Crippen molar-refractivity contribution >= 4 is 40.2 Å². The topological polar surface area (TPSA) is 122 Å².